The maximum atomic E-state index is 14.1. The summed E-state index contributed by atoms with van der Waals surface area (Å²) in [6, 6.07) is 3.15. The van der Waals surface area contributed by atoms with Gasteiger partial charge in [0.05, 0.1) is 33.2 Å². The van der Waals surface area contributed by atoms with Crippen LogP contribution in [0, 0.1) is 22.5 Å². The predicted octanol–water partition coefficient (Wildman–Crippen LogP) is 4.58. The molecule has 0 amide bonds. The SMILES string of the molecule is [C-]#[N+]C(C)(C)n1cc(Nc2ncc(Br)c(Nc3cc([N+](=O)[O-])ccc3F)n2)cn1. The van der Waals surface area contributed by atoms with Gasteiger partial charge in [-0.3, -0.25) is 15.0 Å². The monoisotopic (exact) mass is 460 g/mol. The molecule has 0 fully saturated rings. The maximum Gasteiger partial charge on any atom is 0.319 e. The Morgan fingerprint density at radius 3 is 2.79 bits per heavy atom. The molecule has 0 unspecified atom stereocenters. The molecular formula is C17H14BrFN8O2. The number of benzene rings is 1. The summed E-state index contributed by atoms with van der Waals surface area (Å²) in [6.45, 7) is 10.7. The lowest BCUT2D eigenvalue weighted by molar-refractivity contribution is -0.384. The molecule has 0 aliphatic carbocycles. The Bertz CT molecular complexity index is 1120. The number of nitrogens with one attached hydrogen (secondary N) is 2. The lowest BCUT2D eigenvalue weighted by Gasteiger charge is -2.11. The molecule has 0 radical (unpaired) electrons. The van der Waals surface area contributed by atoms with Crippen molar-refractivity contribution < 1.29 is 9.31 Å². The highest BCUT2D eigenvalue weighted by Crippen LogP contribution is 2.29. The molecule has 2 N–H and O–H groups in total. The average Bonchev–Trinajstić information content (AvgIpc) is 3.15. The van der Waals surface area contributed by atoms with Crippen LogP contribution in [0.3, 0.4) is 0 Å². The van der Waals surface area contributed by atoms with Crippen LogP contribution < -0.4 is 10.6 Å². The normalized spacial score (nSPS) is 11.0. The van der Waals surface area contributed by atoms with Crippen molar-refractivity contribution in [2.75, 3.05) is 10.6 Å². The third-order valence-corrected chi connectivity index (χ3v) is 4.41. The highest BCUT2D eigenvalue weighted by atomic mass is 79.9. The lowest BCUT2D eigenvalue weighted by Crippen LogP contribution is -2.21. The van der Waals surface area contributed by atoms with Gasteiger partial charge in [-0.1, -0.05) is 0 Å². The number of anilines is 4. The summed E-state index contributed by atoms with van der Waals surface area (Å²) in [7, 11) is 0. The molecule has 148 valence electrons. The fraction of sp³-hybridized carbons (Fsp3) is 0.176. The fourth-order valence-corrected chi connectivity index (χ4v) is 2.52. The lowest BCUT2D eigenvalue weighted by atomic mass is 10.2. The Morgan fingerprint density at radius 1 is 1.34 bits per heavy atom. The van der Waals surface area contributed by atoms with E-state index in [0.29, 0.717) is 10.2 Å². The standard InChI is InChI=1S/C17H14BrFN8O2/c1-17(2,20-3)26-9-10(7-22-26)23-16-21-8-12(18)15(25-16)24-14-6-11(27(28)29)4-5-13(14)19/h4-9H,1-2H3,(H2,21,23,24,25). The molecule has 1 aromatic carbocycles. The molecule has 2 heterocycles. The Labute approximate surface area is 172 Å². The molecular weight excluding hydrogens is 447 g/mol. The van der Waals surface area contributed by atoms with Crippen LogP contribution in [0.5, 0.6) is 0 Å². The predicted molar refractivity (Wildman–Crippen MR) is 108 cm³/mol. The first kappa shape index (κ1) is 20.2. The van der Waals surface area contributed by atoms with Gasteiger partial charge in [-0.25, -0.2) is 15.9 Å². The van der Waals surface area contributed by atoms with Crippen molar-refractivity contribution in [2.45, 2.75) is 19.5 Å². The number of halogens is 2. The van der Waals surface area contributed by atoms with E-state index in [2.05, 4.69) is 46.5 Å². The summed E-state index contributed by atoms with van der Waals surface area (Å²) in [4.78, 5) is 22.2. The van der Waals surface area contributed by atoms with Gasteiger partial charge in [0.15, 0.2) is 0 Å². The molecule has 0 saturated carbocycles. The highest BCUT2D eigenvalue weighted by molar-refractivity contribution is 9.10. The molecule has 29 heavy (non-hydrogen) atoms. The summed E-state index contributed by atoms with van der Waals surface area (Å²) in [5, 5.41) is 20.7. The van der Waals surface area contributed by atoms with Crippen LogP contribution in [-0.4, -0.2) is 24.7 Å². The number of nitro benzene ring substituents is 1. The quantitative estimate of drug-likeness (QED) is 0.314. The summed E-state index contributed by atoms with van der Waals surface area (Å²) in [5.41, 5.74) is -0.646. The van der Waals surface area contributed by atoms with E-state index in [-0.39, 0.29) is 23.1 Å². The van der Waals surface area contributed by atoms with Gasteiger partial charge in [-0.2, -0.15) is 14.8 Å². The third kappa shape index (κ3) is 4.46. The molecule has 0 aliphatic rings. The van der Waals surface area contributed by atoms with Gasteiger partial charge in [-0.15, -0.1) is 0 Å². The number of hydrogen-bond acceptors (Lipinski definition) is 7. The number of hydrogen-bond donors (Lipinski definition) is 2. The molecule has 0 aliphatic heterocycles. The number of non-ortho nitro benzene ring substituents is 1. The molecule has 0 spiro atoms. The fourth-order valence-electron chi connectivity index (χ4n) is 2.23. The second-order valence-corrected chi connectivity index (χ2v) is 7.20. The summed E-state index contributed by atoms with van der Waals surface area (Å²) in [6.07, 6.45) is 4.60. The second-order valence-electron chi connectivity index (χ2n) is 6.34. The largest absolute Gasteiger partial charge is 0.337 e. The van der Waals surface area contributed by atoms with Gasteiger partial charge in [0.25, 0.3) is 5.69 Å². The Hall–Kier alpha value is -3.59. The van der Waals surface area contributed by atoms with E-state index in [9.17, 15) is 14.5 Å². The summed E-state index contributed by atoms with van der Waals surface area (Å²) < 4.78 is 16.0. The van der Waals surface area contributed by atoms with Crippen LogP contribution in [0.4, 0.5) is 33.2 Å². The van der Waals surface area contributed by atoms with Crippen LogP contribution in [0.1, 0.15) is 13.8 Å². The zero-order chi connectivity index (χ0) is 21.2. The zero-order valence-corrected chi connectivity index (χ0v) is 16.8. The van der Waals surface area contributed by atoms with Crippen molar-refractivity contribution in [1.29, 1.82) is 0 Å². The first-order chi connectivity index (χ1) is 13.7. The molecule has 3 rings (SSSR count). The zero-order valence-electron chi connectivity index (χ0n) is 15.2. The number of nitro groups is 1. The van der Waals surface area contributed by atoms with Crippen LogP contribution >= 0.6 is 15.9 Å². The molecule has 0 atom stereocenters. The molecule has 0 bridgehead atoms. The van der Waals surface area contributed by atoms with Gasteiger partial charge in [0.1, 0.15) is 11.6 Å². The average molecular weight is 461 g/mol. The molecule has 12 heteroatoms. The van der Waals surface area contributed by atoms with E-state index in [1.54, 1.807) is 20.0 Å². The summed E-state index contributed by atoms with van der Waals surface area (Å²) in [5.74, 6) is -0.282. The van der Waals surface area contributed by atoms with Crippen molar-refractivity contribution in [3.05, 3.63) is 68.6 Å². The van der Waals surface area contributed by atoms with Crippen LogP contribution in [-0.2, 0) is 5.66 Å². The minimum atomic E-state index is -0.841. The van der Waals surface area contributed by atoms with E-state index in [1.165, 1.54) is 17.1 Å². The van der Waals surface area contributed by atoms with Gasteiger partial charge >= 0.3 is 5.66 Å². The van der Waals surface area contributed by atoms with Crippen molar-refractivity contribution in [3.63, 3.8) is 0 Å². The Kier molecular flexibility index (Phi) is 5.42. The molecule has 0 saturated heterocycles. The maximum absolute atomic E-state index is 14.1. The summed E-state index contributed by atoms with van der Waals surface area (Å²) >= 11 is 3.26. The van der Waals surface area contributed by atoms with Gasteiger partial charge in [0.2, 0.25) is 5.95 Å². The second kappa shape index (κ2) is 7.80. The van der Waals surface area contributed by atoms with Crippen molar-refractivity contribution in [1.82, 2.24) is 19.7 Å². The molecule has 3 aromatic rings. The van der Waals surface area contributed by atoms with Crippen molar-refractivity contribution >= 4 is 44.8 Å². The van der Waals surface area contributed by atoms with E-state index >= 15 is 0 Å². The smallest absolute Gasteiger partial charge is 0.319 e. The number of rotatable bonds is 6. The first-order valence-corrected chi connectivity index (χ1v) is 8.93. The third-order valence-electron chi connectivity index (χ3n) is 3.83. The minimum Gasteiger partial charge on any atom is -0.337 e. The van der Waals surface area contributed by atoms with Crippen LogP contribution in [0.25, 0.3) is 4.85 Å². The van der Waals surface area contributed by atoms with Crippen LogP contribution in [0.2, 0.25) is 0 Å². The van der Waals surface area contributed by atoms with Gasteiger partial charge < -0.3 is 10.6 Å². The minimum absolute atomic E-state index is 0.101. The van der Waals surface area contributed by atoms with E-state index in [1.807, 2.05) is 0 Å². The molecule has 2 aromatic heterocycles. The number of nitrogens with zero attached hydrogens (tertiary/aromatic N) is 6. The topological polar surface area (TPSA) is 115 Å². The Balaban J connectivity index is 1.85. The van der Waals surface area contributed by atoms with E-state index in [0.717, 1.165) is 18.2 Å². The van der Waals surface area contributed by atoms with Crippen molar-refractivity contribution in [2.24, 2.45) is 0 Å². The first-order valence-electron chi connectivity index (χ1n) is 8.14. The van der Waals surface area contributed by atoms with Crippen LogP contribution in [0.15, 0.2) is 41.3 Å². The van der Waals surface area contributed by atoms with Gasteiger partial charge in [-0.05, 0) is 22.0 Å². The van der Waals surface area contributed by atoms with E-state index in [4.69, 9.17) is 6.57 Å². The number of aromatic nitrogens is 4. The van der Waals surface area contributed by atoms with Crippen molar-refractivity contribution in [3.8, 4) is 0 Å². The molecule has 10 nitrogen and oxygen atoms in total. The van der Waals surface area contributed by atoms with Gasteiger partial charge in [0, 0.05) is 32.2 Å². The van der Waals surface area contributed by atoms with E-state index < -0.39 is 16.4 Å². The highest BCUT2D eigenvalue weighted by Gasteiger charge is 2.26. The Morgan fingerprint density at radius 2 is 2.10 bits per heavy atom.